The van der Waals surface area contributed by atoms with Crippen LogP contribution in [0.4, 0.5) is 5.69 Å². The Hall–Kier alpha value is -3.20. The second-order valence-electron chi connectivity index (χ2n) is 8.40. The quantitative estimate of drug-likeness (QED) is 0.344. The third kappa shape index (κ3) is 4.84. The molecule has 0 unspecified atom stereocenters. The number of para-hydroxylation sites is 2. The molecule has 2 aromatic carbocycles. The number of hydrogen-bond donors (Lipinski definition) is 3. The molecule has 34 heavy (non-hydrogen) atoms. The summed E-state index contributed by atoms with van der Waals surface area (Å²) < 4.78 is 0.605. The maximum atomic E-state index is 12.7. The fourth-order valence-electron chi connectivity index (χ4n) is 4.20. The van der Waals surface area contributed by atoms with Gasteiger partial charge in [-0.1, -0.05) is 35.9 Å². The number of H-pyrrole nitrogens is 1. The van der Waals surface area contributed by atoms with Crippen LogP contribution in [0, 0.1) is 5.92 Å². The second-order valence-corrected chi connectivity index (χ2v) is 9.89. The van der Waals surface area contributed by atoms with Crippen LogP contribution in [0.2, 0.25) is 5.02 Å². The molecule has 4 aromatic rings. The maximum Gasteiger partial charge on any atom is 0.268 e. The molecule has 0 bridgehead atoms. The number of aromatic nitrogens is 2. The van der Waals surface area contributed by atoms with E-state index in [1.807, 2.05) is 30.3 Å². The van der Waals surface area contributed by atoms with Gasteiger partial charge in [-0.15, -0.1) is 11.3 Å². The first-order valence-corrected chi connectivity index (χ1v) is 12.3. The summed E-state index contributed by atoms with van der Waals surface area (Å²) in [5, 5.41) is 13.4. The maximum absolute atomic E-state index is 12.7. The lowest BCUT2D eigenvalue weighted by Gasteiger charge is -2.30. The van der Waals surface area contributed by atoms with E-state index in [0.29, 0.717) is 46.1 Å². The Kier molecular flexibility index (Phi) is 6.36. The van der Waals surface area contributed by atoms with Crippen molar-refractivity contribution in [2.24, 2.45) is 5.92 Å². The Morgan fingerprint density at radius 1 is 1.18 bits per heavy atom. The van der Waals surface area contributed by atoms with Crippen LogP contribution in [0.15, 0.2) is 59.4 Å². The Labute approximate surface area is 205 Å². The van der Waals surface area contributed by atoms with Gasteiger partial charge in [-0.3, -0.25) is 14.5 Å². The molecule has 3 N–H and O–H groups in total. The zero-order valence-electron chi connectivity index (χ0n) is 18.3. The number of aromatic amines is 1. The minimum absolute atomic E-state index is 0.0614. The molecule has 1 fully saturated rings. The molecule has 1 saturated heterocycles. The number of fused-ring (bicyclic) bond motifs is 1. The molecule has 1 aliphatic heterocycles. The first kappa shape index (κ1) is 22.6. The Balaban J connectivity index is 1.23. The molecule has 0 aliphatic carbocycles. The fourth-order valence-corrected chi connectivity index (χ4v) is 5.32. The normalized spacial score (nSPS) is 15.0. The number of phenolic OH excluding ortho intramolecular Hbond substituents is 1. The fraction of sp³-hybridized carbons (Fsp3) is 0.240. The largest absolute Gasteiger partial charge is 0.506 e. The number of piperidine rings is 1. The predicted molar refractivity (Wildman–Crippen MR) is 135 cm³/mol. The molecular weight excluding hydrogens is 472 g/mol. The number of phenols is 1. The summed E-state index contributed by atoms with van der Waals surface area (Å²) in [7, 11) is 0. The molecule has 0 saturated carbocycles. The number of carbonyl (C=O) groups is 1. The van der Waals surface area contributed by atoms with Gasteiger partial charge in [0.15, 0.2) is 0 Å². The van der Waals surface area contributed by atoms with E-state index >= 15 is 0 Å². The van der Waals surface area contributed by atoms with Crippen molar-refractivity contribution in [1.29, 1.82) is 0 Å². The number of benzene rings is 2. The molecule has 0 radical (unpaired) electrons. The molecule has 0 spiro atoms. The molecule has 1 aliphatic rings. The van der Waals surface area contributed by atoms with Crippen LogP contribution >= 0.6 is 22.9 Å². The van der Waals surface area contributed by atoms with Crippen LogP contribution in [0.3, 0.4) is 0 Å². The number of thiophene rings is 1. The third-order valence-electron chi connectivity index (χ3n) is 6.05. The van der Waals surface area contributed by atoms with Gasteiger partial charge in [-0.25, -0.2) is 4.98 Å². The van der Waals surface area contributed by atoms with Gasteiger partial charge < -0.3 is 15.4 Å². The van der Waals surface area contributed by atoms with Gasteiger partial charge in [-0.2, -0.15) is 0 Å². The lowest BCUT2D eigenvalue weighted by Crippen LogP contribution is -2.38. The third-order valence-corrected chi connectivity index (χ3v) is 7.48. The summed E-state index contributed by atoms with van der Waals surface area (Å²) in [6, 6.07) is 16.2. The first-order valence-electron chi connectivity index (χ1n) is 11.1. The molecular formula is C25H23ClN4O3S. The van der Waals surface area contributed by atoms with E-state index in [0.717, 1.165) is 23.5 Å². The number of carbonyl (C=O) groups excluding carboxylic acids is 1. The van der Waals surface area contributed by atoms with Gasteiger partial charge in [0, 0.05) is 15.8 Å². The highest BCUT2D eigenvalue weighted by atomic mass is 35.5. The number of aromatic hydroxyl groups is 1. The molecule has 7 nitrogen and oxygen atoms in total. The minimum Gasteiger partial charge on any atom is -0.506 e. The summed E-state index contributed by atoms with van der Waals surface area (Å²) in [5.41, 5.74) is 1.98. The van der Waals surface area contributed by atoms with E-state index in [1.165, 1.54) is 11.3 Å². The van der Waals surface area contributed by atoms with Crippen LogP contribution in [-0.4, -0.2) is 39.0 Å². The SMILES string of the molecule is O=C(Nc1ccccc1O)C1CCN(Cc2nc3cc(-c4ccc(Cl)cc4)sc3c(=O)[nH]2)CC1. The Bertz CT molecular complexity index is 1390. The lowest BCUT2D eigenvalue weighted by atomic mass is 9.95. The van der Waals surface area contributed by atoms with Gasteiger partial charge in [0.25, 0.3) is 5.56 Å². The number of amides is 1. The van der Waals surface area contributed by atoms with E-state index in [2.05, 4.69) is 15.2 Å². The molecule has 0 atom stereocenters. The average Bonchev–Trinajstić information content (AvgIpc) is 3.26. The first-order chi connectivity index (χ1) is 16.5. The van der Waals surface area contributed by atoms with Crippen molar-refractivity contribution in [2.45, 2.75) is 19.4 Å². The standard InChI is InChI=1S/C25H23ClN4O3S/c26-17-7-5-15(6-8-17)21-13-19-23(34-21)25(33)29-22(27-19)14-30-11-9-16(10-12-30)24(32)28-18-3-1-2-4-20(18)31/h1-8,13,16,31H,9-12,14H2,(H,28,32)(H,27,29,33). The molecule has 3 heterocycles. The van der Waals surface area contributed by atoms with Gasteiger partial charge in [0.05, 0.1) is 17.7 Å². The van der Waals surface area contributed by atoms with Crippen molar-refractivity contribution < 1.29 is 9.90 Å². The Morgan fingerprint density at radius 2 is 1.91 bits per heavy atom. The number of nitrogens with one attached hydrogen (secondary N) is 2. The van der Waals surface area contributed by atoms with Crippen LogP contribution in [-0.2, 0) is 11.3 Å². The zero-order chi connectivity index (χ0) is 23.7. The van der Waals surface area contributed by atoms with Crippen molar-refractivity contribution >= 4 is 44.7 Å². The minimum atomic E-state index is -0.137. The van der Waals surface area contributed by atoms with Gasteiger partial charge in [0.1, 0.15) is 16.3 Å². The zero-order valence-corrected chi connectivity index (χ0v) is 19.8. The van der Waals surface area contributed by atoms with Crippen molar-refractivity contribution in [3.63, 3.8) is 0 Å². The van der Waals surface area contributed by atoms with E-state index in [1.54, 1.807) is 24.3 Å². The summed E-state index contributed by atoms with van der Waals surface area (Å²) in [6.07, 6.45) is 1.40. The van der Waals surface area contributed by atoms with E-state index < -0.39 is 0 Å². The smallest absolute Gasteiger partial charge is 0.268 e. The monoisotopic (exact) mass is 494 g/mol. The van der Waals surface area contributed by atoms with Crippen LogP contribution in [0.5, 0.6) is 5.75 Å². The molecule has 1 amide bonds. The topological polar surface area (TPSA) is 98.3 Å². The number of nitrogens with zero attached hydrogens (tertiary/aromatic N) is 2. The van der Waals surface area contributed by atoms with E-state index in [-0.39, 0.29) is 23.1 Å². The highest BCUT2D eigenvalue weighted by Gasteiger charge is 2.26. The van der Waals surface area contributed by atoms with Gasteiger partial charge in [-0.05, 0) is 61.8 Å². The van der Waals surface area contributed by atoms with Gasteiger partial charge >= 0.3 is 0 Å². The summed E-state index contributed by atoms with van der Waals surface area (Å²) in [6.45, 7) is 1.96. The van der Waals surface area contributed by atoms with Crippen LogP contribution in [0.25, 0.3) is 20.7 Å². The summed E-state index contributed by atoms with van der Waals surface area (Å²) in [4.78, 5) is 36.1. The Morgan fingerprint density at radius 3 is 2.65 bits per heavy atom. The van der Waals surface area contributed by atoms with E-state index in [4.69, 9.17) is 16.6 Å². The van der Waals surface area contributed by atoms with Crippen molar-refractivity contribution in [2.75, 3.05) is 18.4 Å². The molecule has 2 aromatic heterocycles. The van der Waals surface area contributed by atoms with Crippen LogP contribution < -0.4 is 10.9 Å². The average molecular weight is 495 g/mol. The van der Waals surface area contributed by atoms with E-state index in [9.17, 15) is 14.7 Å². The van der Waals surface area contributed by atoms with Gasteiger partial charge in [0.2, 0.25) is 5.91 Å². The molecule has 9 heteroatoms. The van der Waals surface area contributed by atoms with Crippen molar-refractivity contribution in [1.82, 2.24) is 14.9 Å². The number of anilines is 1. The van der Waals surface area contributed by atoms with Crippen molar-refractivity contribution in [3.8, 4) is 16.2 Å². The number of hydrogen-bond acceptors (Lipinski definition) is 6. The highest BCUT2D eigenvalue weighted by molar-refractivity contribution is 7.22. The molecule has 174 valence electrons. The summed E-state index contributed by atoms with van der Waals surface area (Å²) in [5.74, 6) is 0.479. The van der Waals surface area contributed by atoms with Crippen LogP contribution in [0.1, 0.15) is 18.7 Å². The summed E-state index contributed by atoms with van der Waals surface area (Å²) >= 11 is 7.40. The number of rotatable bonds is 5. The molecule has 5 rings (SSSR count). The lowest BCUT2D eigenvalue weighted by molar-refractivity contribution is -0.121. The predicted octanol–water partition coefficient (Wildman–Crippen LogP) is 4.86. The highest BCUT2D eigenvalue weighted by Crippen LogP contribution is 2.32. The number of halogens is 1. The number of likely N-dealkylation sites (tertiary alicyclic amines) is 1. The second kappa shape index (κ2) is 9.58. The van der Waals surface area contributed by atoms with Crippen molar-refractivity contribution in [3.05, 3.63) is 75.8 Å².